The quantitative estimate of drug-likeness (QED) is 0.396. The number of alkyl halides is 3. The van der Waals surface area contributed by atoms with Crippen molar-refractivity contribution in [3.63, 3.8) is 0 Å². The Bertz CT molecular complexity index is 726. The molecule has 1 aromatic heterocycles. The van der Waals surface area contributed by atoms with Crippen molar-refractivity contribution in [2.75, 3.05) is 19.8 Å². The fourth-order valence-corrected chi connectivity index (χ4v) is 5.63. The second-order valence-corrected chi connectivity index (χ2v) is 8.83. The minimum absolute atomic E-state index is 0.0412. The molecule has 2 nitrogen and oxygen atoms in total. The molecular weight excluding hydrogens is 398 g/mol. The summed E-state index contributed by atoms with van der Waals surface area (Å²) in [6.07, 6.45) is -2.56. The summed E-state index contributed by atoms with van der Waals surface area (Å²) in [6, 6.07) is 6.67. The van der Waals surface area contributed by atoms with E-state index in [1.165, 1.54) is 21.3 Å². The molecule has 0 spiro atoms. The topological polar surface area (TPSA) is 12.5 Å². The standard InChI is InChI=1S/C19H21F4NOS2/c1-2-24(18(19(21,22)23)14-3-5-15(20)6-4-14)27-17-8-7-16(26-17)13-9-11-25-12-10-13/h3-8,13,18H,2,9-12H2,1H3. The third kappa shape index (κ3) is 5.25. The maximum atomic E-state index is 13.8. The van der Waals surface area contributed by atoms with Crippen LogP contribution < -0.4 is 0 Å². The van der Waals surface area contributed by atoms with Gasteiger partial charge in [0.05, 0.1) is 4.21 Å². The molecule has 0 N–H and O–H groups in total. The van der Waals surface area contributed by atoms with Gasteiger partial charge >= 0.3 is 6.18 Å². The first kappa shape index (κ1) is 20.6. The van der Waals surface area contributed by atoms with Crippen LogP contribution in [0.25, 0.3) is 0 Å². The Balaban J connectivity index is 1.79. The van der Waals surface area contributed by atoms with Gasteiger partial charge in [-0.2, -0.15) is 13.2 Å². The van der Waals surface area contributed by atoms with Crippen LogP contribution in [0.3, 0.4) is 0 Å². The molecule has 1 aliphatic rings. The first-order valence-electron chi connectivity index (χ1n) is 8.82. The smallest absolute Gasteiger partial charge is 0.381 e. The SMILES string of the molecule is CCN(Sc1ccc(C2CCOCC2)s1)C(c1ccc(F)cc1)C(F)(F)F. The zero-order valence-corrected chi connectivity index (χ0v) is 16.5. The molecule has 0 bridgehead atoms. The maximum absolute atomic E-state index is 13.8. The van der Waals surface area contributed by atoms with Gasteiger partial charge in [-0.25, -0.2) is 8.70 Å². The molecule has 1 aliphatic heterocycles. The molecule has 0 radical (unpaired) electrons. The summed E-state index contributed by atoms with van der Waals surface area (Å²) in [5.41, 5.74) is 0.0412. The summed E-state index contributed by atoms with van der Waals surface area (Å²) in [5.74, 6) is -0.126. The first-order valence-corrected chi connectivity index (χ1v) is 10.4. The van der Waals surface area contributed by atoms with Crippen molar-refractivity contribution in [2.45, 2.75) is 42.1 Å². The van der Waals surface area contributed by atoms with E-state index in [1.54, 1.807) is 18.3 Å². The predicted molar refractivity (Wildman–Crippen MR) is 101 cm³/mol. The van der Waals surface area contributed by atoms with E-state index in [2.05, 4.69) is 0 Å². The lowest BCUT2D eigenvalue weighted by Crippen LogP contribution is -2.34. The van der Waals surface area contributed by atoms with E-state index in [0.717, 1.165) is 54.3 Å². The summed E-state index contributed by atoms with van der Waals surface area (Å²) in [4.78, 5) is 1.20. The largest absolute Gasteiger partial charge is 0.408 e. The van der Waals surface area contributed by atoms with E-state index in [9.17, 15) is 17.6 Å². The fraction of sp³-hybridized carbons (Fsp3) is 0.474. The van der Waals surface area contributed by atoms with E-state index >= 15 is 0 Å². The Morgan fingerprint density at radius 2 is 1.81 bits per heavy atom. The molecule has 1 fully saturated rings. The lowest BCUT2D eigenvalue weighted by atomic mass is 9.99. The molecule has 3 rings (SSSR count). The molecule has 8 heteroatoms. The molecule has 148 valence electrons. The lowest BCUT2D eigenvalue weighted by molar-refractivity contribution is -0.172. The van der Waals surface area contributed by atoms with Crippen LogP contribution in [0.15, 0.2) is 40.6 Å². The van der Waals surface area contributed by atoms with Crippen LogP contribution >= 0.6 is 23.3 Å². The molecule has 2 aromatic rings. The van der Waals surface area contributed by atoms with Crippen LogP contribution in [-0.4, -0.2) is 30.2 Å². The summed E-state index contributed by atoms with van der Waals surface area (Å²) < 4.78 is 62.0. The summed E-state index contributed by atoms with van der Waals surface area (Å²) >= 11 is 2.66. The van der Waals surface area contributed by atoms with Crippen molar-refractivity contribution >= 4 is 23.3 Å². The number of thiophene rings is 1. The van der Waals surface area contributed by atoms with Crippen LogP contribution in [0.5, 0.6) is 0 Å². The van der Waals surface area contributed by atoms with Crippen LogP contribution in [0.1, 0.15) is 42.2 Å². The second kappa shape index (κ2) is 8.94. The van der Waals surface area contributed by atoms with E-state index in [-0.39, 0.29) is 12.1 Å². The van der Waals surface area contributed by atoms with Crippen LogP contribution in [-0.2, 0) is 4.74 Å². The summed E-state index contributed by atoms with van der Waals surface area (Å²) in [5, 5.41) is 0. The van der Waals surface area contributed by atoms with Crippen molar-refractivity contribution in [3.8, 4) is 0 Å². The highest BCUT2D eigenvalue weighted by Gasteiger charge is 2.45. The van der Waals surface area contributed by atoms with Crippen molar-refractivity contribution in [3.05, 3.63) is 52.7 Å². The minimum atomic E-state index is -4.46. The monoisotopic (exact) mass is 419 g/mol. The van der Waals surface area contributed by atoms with Gasteiger partial charge in [-0.1, -0.05) is 19.1 Å². The Morgan fingerprint density at radius 1 is 1.15 bits per heavy atom. The van der Waals surface area contributed by atoms with Gasteiger partial charge in [0.2, 0.25) is 0 Å². The Labute approximate surface area is 164 Å². The third-order valence-electron chi connectivity index (χ3n) is 4.53. The number of benzene rings is 1. The average Bonchev–Trinajstić information content (AvgIpc) is 3.11. The molecule has 1 aromatic carbocycles. The maximum Gasteiger partial charge on any atom is 0.408 e. The average molecular weight is 420 g/mol. The molecule has 2 heterocycles. The molecule has 27 heavy (non-hydrogen) atoms. The minimum Gasteiger partial charge on any atom is -0.381 e. The van der Waals surface area contributed by atoms with Crippen molar-refractivity contribution in [2.24, 2.45) is 0 Å². The Morgan fingerprint density at radius 3 is 2.41 bits per heavy atom. The van der Waals surface area contributed by atoms with Crippen molar-refractivity contribution in [1.82, 2.24) is 4.31 Å². The molecular formula is C19H21F4NOS2. The normalized spacial score (nSPS) is 17.4. The summed E-state index contributed by atoms with van der Waals surface area (Å²) in [7, 11) is 0. The number of hydrogen-bond acceptors (Lipinski definition) is 4. The predicted octanol–water partition coefficient (Wildman–Crippen LogP) is 6.41. The van der Waals surface area contributed by atoms with Crippen LogP contribution in [0.2, 0.25) is 0 Å². The Hall–Kier alpha value is -1.09. The molecule has 1 atom stereocenters. The number of hydrogen-bond donors (Lipinski definition) is 0. The highest BCUT2D eigenvalue weighted by molar-refractivity contribution is 7.99. The highest BCUT2D eigenvalue weighted by atomic mass is 32.2. The van der Waals surface area contributed by atoms with Crippen molar-refractivity contribution in [1.29, 1.82) is 0 Å². The van der Waals surface area contributed by atoms with Gasteiger partial charge in [0.15, 0.2) is 0 Å². The molecule has 1 unspecified atom stereocenters. The number of nitrogens with zero attached hydrogens (tertiary/aromatic N) is 1. The summed E-state index contributed by atoms with van der Waals surface area (Å²) in [6.45, 7) is 3.36. The lowest BCUT2D eigenvalue weighted by Gasteiger charge is -2.31. The molecule has 0 aliphatic carbocycles. The molecule has 1 saturated heterocycles. The van der Waals surface area contributed by atoms with Gasteiger partial charge in [-0.15, -0.1) is 11.3 Å². The van der Waals surface area contributed by atoms with Gasteiger partial charge in [0.1, 0.15) is 11.9 Å². The number of halogens is 4. The zero-order chi connectivity index (χ0) is 19.4. The van der Waals surface area contributed by atoms with Gasteiger partial charge < -0.3 is 4.74 Å². The highest BCUT2D eigenvalue weighted by Crippen LogP contribution is 2.45. The van der Waals surface area contributed by atoms with E-state index in [4.69, 9.17) is 4.74 Å². The Kier molecular flexibility index (Phi) is 6.83. The van der Waals surface area contributed by atoms with Gasteiger partial charge in [-0.3, -0.25) is 0 Å². The van der Waals surface area contributed by atoms with E-state index in [1.807, 2.05) is 12.1 Å². The number of rotatable bonds is 6. The van der Waals surface area contributed by atoms with Crippen molar-refractivity contribution < 1.29 is 22.3 Å². The molecule has 0 amide bonds. The van der Waals surface area contributed by atoms with E-state index in [0.29, 0.717) is 5.92 Å². The first-order chi connectivity index (χ1) is 12.9. The van der Waals surface area contributed by atoms with E-state index < -0.39 is 18.0 Å². The fourth-order valence-electron chi connectivity index (χ4n) is 3.16. The molecule has 0 saturated carbocycles. The van der Waals surface area contributed by atoms with Gasteiger partial charge in [0, 0.05) is 24.6 Å². The van der Waals surface area contributed by atoms with Crippen LogP contribution in [0, 0.1) is 5.82 Å². The third-order valence-corrected chi connectivity index (χ3v) is 7.06. The second-order valence-electron chi connectivity index (χ2n) is 6.36. The van der Waals surface area contributed by atoms with Gasteiger partial charge in [0.25, 0.3) is 0 Å². The van der Waals surface area contributed by atoms with Crippen LogP contribution in [0.4, 0.5) is 17.6 Å². The number of ether oxygens (including phenoxy) is 1. The zero-order valence-electron chi connectivity index (χ0n) is 14.8. The van der Waals surface area contributed by atoms with Gasteiger partial charge in [-0.05, 0) is 60.5 Å².